The van der Waals surface area contributed by atoms with E-state index < -0.39 is 24.4 Å². The molecule has 1 saturated heterocycles. The topological polar surface area (TPSA) is 94.2 Å². The van der Waals surface area contributed by atoms with Crippen molar-refractivity contribution in [3.05, 3.63) is 47.5 Å². The highest BCUT2D eigenvalue weighted by Crippen LogP contribution is 2.35. The number of benzene rings is 2. The number of carbonyl (C=O) groups excluding carboxylic acids is 3. The maximum Gasteiger partial charge on any atom is 0.311 e. The summed E-state index contributed by atoms with van der Waals surface area (Å²) in [6, 6.07) is 11.8. The van der Waals surface area contributed by atoms with Crippen molar-refractivity contribution < 1.29 is 28.6 Å². The predicted molar refractivity (Wildman–Crippen MR) is 116 cm³/mol. The SMILES string of the molecule is CCOc1ccc(NC(=O)COC(=O)[C@H]2CC(=O)N(c3cc(Cl)ccc3OC)C2)cc1. The lowest BCUT2D eigenvalue weighted by molar-refractivity contribution is -0.151. The zero-order valence-corrected chi connectivity index (χ0v) is 18.0. The fraction of sp³-hybridized carbons (Fsp3) is 0.318. The van der Waals surface area contributed by atoms with E-state index in [-0.39, 0.29) is 18.9 Å². The predicted octanol–water partition coefficient (Wildman–Crippen LogP) is 3.28. The van der Waals surface area contributed by atoms with Crippen LogP contribution in [0, 0.1) is 5.92 Å². The van der Waals surface area contributed by atoms with Gasteiger partial charge in [-0.3, -0.25) is 14.4 Å². The van der Waals surface area contributed by atoms with E-state index in [4.69, 9.17) is 25.8 Å². The van der Waals surface area contributed by atoms with Crippen molar-refractivity contribution in [2.24, 2.45) is 5.92 Å². The summed E-state index contributed by atoms with van der Waals surface area (Å²) in [5.41, 5.74) is 1.04. The van der Waals surface area contributed by atoms with Gasteiger partial charge in [0, 0.05) is 23.7 Å². The number of nitrogens with one attached hydrogen (secondary N) is 1. The van der Waals surface area contributed by atoms with Gasteiger partial charge in [0.05, 0.1) is 25.3 Å². The van der Waals surface area contributed by atoms with E-state index in [2.05, 4.69) is 5.32 Å². The first-order chi connectivity index (χ1) is 14.9. The number of anilines is 2. The van der Waals surface area contributed by atoms with Gasteiger partial charge < -0.3 is 24.4 Å². The Balaban J connectivity index is 1.53. The Kier molecular flexibility index (Phi) is 7.36. The standard InChI is InChI=1S/C22H23ClN2O6/c1-3-30-17-7-5-16(6-8-17)24-20(26)13-31-22(28)14-10-21(27)25(12-14)18-11-15(23)4-9-19(18)29-2/h4-9,11,14H,3,10,12-13H2,1-2H3,(H,24,26)/t14-/m0/s1. The molecule has 2 aromatic rings. The van der Waals surface area contributed by atoms with E-state index in [1.807, 2.05) is 6.92 Å². The molecule has 0 aliphatic carbocycles. The molecule has 164 valence electrons. The molecular formula is C22H23ClN2O6. The second-order valence-electron chi connectivity index (χ2n) is 6.83. The lowest BCUT2D eigenvalue weighted by atomic mass is 10.1. The van der Waals surface area contributed by atoms with E-state index in [0.29, 0.717) is 34.5 Å². The Hall–Kier alpha value is -3.26. The molecule has 9 heteroatoms. The average molecular weight is 447 g/mol. The normalized spacial score (nSPS) is 15.5. The molecular weight excluding hydrogens is 424 g/mol. The van der Waals surface area contributed by atoms with Crippen molar-refractivity contribution in [1.29, 1.82) is 0 Å². The zero-order valence-electron chi connectivity index (χ0n) is 17.2. The highest BCUT2D eigenvalue weighted by Gasteiger charge is 2.37. The quantitative estimate of drug-likeness (QED) is 0.625. The molecule has 31 heavy (non-hydrogen) atoms. The largest absolute Gasteiger partial charge is 0.495 e. The van der Waals surface area contributed by atoms with Gasteiger partial charge >= 0.3 is 5.97 Å². The molecule has 2 aromatic carbocycles. The van der Waals surface area contributed by atoms with Gasteiger partial charge in [-0.05, 0) is 49.4 Å². The number of methoxy groups -OCH3 is 1. The van der Waals surface area contributed by atoms with Crippen LogP contribution in [0.15, 0.2) is 42.5 Å². The van der Waals surface area contributed by atoms with Gasteiger partial charge in [-0.25, -0.2) is 0 Å². The van der Waals surface area contributed by atoms with Crippen LogP contribution in [0.25, 0.3) is 0 Å². The van der Waals surface area contributed by atoms with E-state index >= 15 is 0 Å². The number of amides is 2. The summed E-state index contributed by atoms with van der Waals surface area (Å²) in [4.78, 5) is 38.4. The van der Waals surface area contributed by atoms with Crippen LogP contribution < -0.4 is 19.7 Å². The van der Waals surface area contributed by atoms with Crippen LogP contribution in [-0.4, -0.2) is 44.7 Å². The number of halogens is 1. The van der Waals surface area contributed by atoms with Crippen LogP contribution in [-0.2, 0) is 19.1 Å². The molecule has 1 aliphatic heterocycles. The van der Waals surface area contributed by atoms with Crippen molar-refractivity contribution in [3.8, 4) is 11.5 Å². The van der Waals surface area contributed by atoms with Crippen molar-refractivity contribution >= 4 is 40.8 Å². The summed E-state index contributed by atoms with van der Waals surface area (Å²) in [6.45, 7) is 2.10. The van der Waals surface area contributed by atoms with Crippen LogP contribution in [0.2, 0.25) is 5.02 Å². The van der Waals surface area contributed by atoms with Gasteiger partial charge in [-0.15, -0.1) is 0 Å². The van der Waals surface area contributed by atoms with Crippen molar-refractivity contribution in [2.75, 3.05) is 37.1 Å². The minimum atomic E-state index is -0.686. The lowest BCUT2D eigenvalue weighted by Crippen LogP contribution is -2.28. The van der Waals surface area contributed by atoms with Crippen LogP contribution in [0.4, 0.5) is 11.4 Å². The Bertz CT molecular complexity index is 963. The minimum absolute atomic E-state index is 0.0188. The van der Waals surface area contributed by atoms with Gasteiger partial charge in [-0.1, -0.05) is 11.6 Å². The maximum atomic E-state index is 12.5. The number of hydrogen-bond donors (Lipinski definition) is 1. The van der Waals surface area contributed by atoms with Gasteiger partial charge in [0.15, 0.2) is 6.61 Å². The van der Waals surface area contributed by atoms with Crippen LogP contribution in [0.3, 0.4) is 0 Å². The van der Waals surface area contributed by atoms with Gasteiger partial charge in [0.25, 0.3) is 5.91 Å². The molecule has 1 N–H and O–H groups in total. The fourth-order valence-electron chi connectivity index (χ4n) is 3.23. The number of ether oxygens (including phenoxy) is 3. The smallest absolute Gasteiger partial charge is 0.311 e. The number of nitrogens with zero attached hydrogens (tertiary/aromatic N) is 1. The van der Waals surface area contributed by atoms with Gasteiger partial charge in [0.1, 0.15) is 11.5 Å². The number of esters is 1. The molecule has 0 spiro atoms. The number of hydrogen-bond acceptors (Lipinski definition) is 6. The highest BCUT2D eigenvalue weighted by atomic mass is 35.5. The average Bonchev–Trinajstić information content (AvgIpc) is 3.15. The molecule has 2 amide bonds. The summed E-state index contributed by atoms with van der Waals surface area (Å²) in [7, 11) is 1.49. The third-order valence-electron chi connectivity index (χ3n) is 4.68. The van der Waals surface area contributed by atoms with Crippen molar-refractivity contribution in [1.82, 2.24) is 0 Å². The van der Waals surface area contributed by atoms with E-state index in [0.717, 1.165) is 0 Å². The second-order valence-corrected chi connectivity index (χ2v) is 7.27. The highest BCUT2D eigenvalue weighted by molar-refractivity contribution is 6.31. The minimum Gasteiger partial charge on any atom is -0.495 e. The monoisotopic (exact) mass is 446 g/mol. The molecule has 1 aliphatic rings. The Morgan fingerprint density at radius 1 is 1.19 bits per heavy atom. The summed E-state index contributed by atoms with van der Waals surface area (Å²) in [5, 5.41) is 3.09. The first kappa shape index (κ1) is 22.4. The van der Waals surface area contributed by atoms with Crippen LogP contribution in [0.1, 0.15) is 13.3 Å². The summed E-state index contributed by atoms with van der Waals surface area (Å²) >= 11 is 6.04. The molecule has 1 fully saturated rings. The van der Waals surface area contributed by atoms with E-state index in [9.17, 15) is 14.4 Å². The maximum absolute atomic E-state index is 12.5. The number of rotatable bonds is 8. The Morgan fingerprint density at radius 3 is 2.61 bits per heavy atom. The Labute approximate surface area is 185 Å². The van der Waals surface area contributed by atoms with Gasteiger partial charge in [0.2, 0.25) is 5.91 Å². The molecule has 8 nitrogen and oxygen atoms in total. The summed E-state index contributed by atoms with van der Waals surface area (Å²) in [6.07, 6.45) is -0.0188. The molecule has 0 unspecified atom stereocenters. The third kappa shape index (κ3) is 5.67. The molecule has 1 atom stereocenters. The van der Waals surface area contributed by atoms with Crippen molar-refractivity contribution in [3.63, 3.8) is 0 Å². The van der Waals surface area contributed by atoms with Crippen LogP contribution >= 0.6 is 11.6 Å². The molecule has 0 radical (unpaired) electrons. The molecule has 3 rings (SSSR count). The zero-order chi connectivity index (χ0) is 22.4. The fourth-order valence-corrected chi connectivity index (χ4v) is 3.39. The molecule has 0 aromatic heterocycles. The third-order valence-corrected chi connectivity index (χ3v) is 4.92. The molecule has 0 bridgehead atoms. The number of carbonyl (C=O) groups is 3. The second kappa shape index (κ2) is 10.2. The van der Waals surface area contributed by atoms with E-state index in [1.54, 1.807) is 42.5 Å². The van der Waals surface area contributed by atoms with Crippen LogP contribution in [0.5, 0.6) is 11.5 Å². The lowest BCUT2D eigenvalue weighted by Gasteiger charge is -2.19. The van der Waals surface area contributed by atoms with E-state index in [1.165, 1.54) is 12.0 Å². The van der Waals surface area contributed by atoms with Crippen molar-refractivity contribution in [2.45, 2.75) is 13.3 Å². The first-order valence-electron chi connectivity index (χ1n) is 9.74. The Morgan fingerprint density at radius 2 is 1.94 bits per heavy atom. The molecule has 1 heterocycles. The summed E-state index contributed by atoms with van der Waals surface area (Å²) < 4.78 is 15.8. The van der Waals surface area contributed by atoms with Gasteiger partial charge in [-0.2, -0.15) is 0 Å². The summed E-state index contributed by atoms with van der Waals surface area (Å²) in [5.74, 6) is -0.857. The first-order valence-corrected chi connectivity index (χ1v) is 10.1. The molecule has 0 saturated carbocycles.